The molecule has 4 rings (SSSR count). The van der Waals surface area contributed by atoms with Gasteiger partial charge in [-0.2, -0.15) is 0 Å². The number of quaternary nitrogens is 1. The topological polar surface area (TPSA) is 61.4 Å². The van der Waals surface area contributed by atoms with Gasteiger partial charge in [-0.25, -0.2) is 0 Å². The molecule has 2 aromatic carbocycles. The van der Waals surface area contributed by atoms with E-state index in [1.165, 1.54) is 24.8 Å². The van der Waals surface area contributed by atoms with Crippen LogP contribution < -0.4 is 10.6 Å². The van der Waals surface area contributed by atoms with Gasteiger partial charge < -0.3 is 20.0 Å². The Labute approximate surface area is 223 Å². The van der Waals surface area contributed by atoms with Crippen LogP contribution in [0.1, 0.15) is 60.4 Å². The van der Waals surface area contributed by atoms with Gasteiger partial charge in [0.15, 0.2) is 11.3 Å². The van der Waals surface area contributed by atoms with E-state index in [1.807, 2.05) is 49.3 Å². The molecule has 0 spiro atoms. The van der Waals surface area contributed by atoms with Crippen molar-refractivity contribution < 1.29 is 14.1 Å². The number of amides is 1. The number of nitrogens with zero attached hydrogens (tertiary/aromatic N) is 2. The minimum atomic E-state index is -0.340. The van der Waals surface area contributed by atoms with E-state index in [9.17, 15) is 9.59 Å². The van der Waals surface area contributed by atoms with E-state index in [-0.39, 0.29) is 17.2 Å². The van der Waals surface area contributed by atoms with Gasteiger partial charge in [-0.15, -0.1) is 0 Å². The molecule has 0 aromatic heterocycles. The molecule has 6 nitrogen and oxygen atoms in total. The third kappa shape index (κ3) is 6.31. The van der Waals surface area contributed by atoms with Crippen molar-refractivity contribution in [3.63, 3.8) is 0 Å². The molecule has 1 amide bonds. The first-order valence-electron chi connectivity index (χ1n) is 14.1. The van der Waals surface area contributed by atoms with Crippen molar-refractivity contribution in [2.24, 2.45) is 0 Å². The molecule has 37 heavy (non-hydrogen) atoms. The van der Waals surface area contributed by atoms with Crippen molar-refractivity contribution >= 4 is 11.7 Å². The number of benzene rings is 2. The number of carbonyl (C=O) groups is 2. The summed E-state index contributed by atoms with van der Waals surface area (Å²) in [6.45, 7) is 6.06. The Morgan fingerprint density at radius 1 is 0.946 bits per heavy atom. The third-order valence-electron chi connectivity index (χ3n) is 8.76. The van der Waals surface area contributed by atoms with Crippen LogP contribution in [-0.4, -0.2) is 86.5 Å². The Morgan fingerprint density at radius 2 is 1.57 bits per heavy atom. The normalized spacial score (nSPS) is 19.6. The monoisotopic (exact) mass is 505 g/mol. The fraction of sp³-hybridized carbons (Fsp3) is 0.548. The van der Waals surface area contributed by atoms with Gasteiger partial charge in [0.2, 0.25) is 0 Å². The van der Waals surface area contributed by atoms with Crippen molar-refractivity contribution in [3.05, 3.63) is 71.8 Å². The van der Waals surface area contributed by atoms with Crippen molar-refractivity contribution in [2.75, 3.05) is 59.9 Å². The van der Waals surface area contributed by atoms with Gasteiger partial charge in [-0.1, -0.05) is 60.7 Å². The lowest BCUT2D eigenvalue weighted by Crippen LogP contribution is -2.74. The lowest BCUT2D eigenvalue weighted by molar-refractivity contribution is -0.972. The number of ketones is 1. The molecule has 2 aliphatic heterocycles. The summed E-state index contributed by atoms with van der Waals surface area (Å²) < 4.78 is 0.915. The summed E-state index contributed by atoms with van der Waals surface area (Å²) in [7, 11) is 3.85. The molecule has 200 valence electrons. The molecule has 2 heterocycles. The smallest absolute Gasteiger partial charge is 0.283 e. The van der Waals surface area contributed by atoms with Crippen LogP contribution in [-0.2, 0) is 4.79 Å². The second-order valence-corrected chi connectivity index (χ2v) is 11.2. The highest BCUT2D eigenvalue weighted by molar-refractivity contribution is 5.97. The Kier molecular flexibility index (Phi) is 9.52. The Balaban J connectivity index is 1.53. The molecule has 6 heteroatoms. The number of Topliss-reactive ketones (excluding diaryl/α,β-unsaturated/α-hetero) is 1. The van der Waals surface area contributed by atoms with Crippen LogP contribution in [0.2, 0.25) is 0 Å². The first kappa shape index (κ1) is 27.5. The Morgan fingerprint density at radius 3 is 2.19 bits per heavy atom. The zero-order chi connectivity index (χ0) is 26.1. The molecule has 0 bridgehead atoms. The van der Waals surface area contributed by atoms with E-state index in [0.29, 0.717) is 12.5 Å². The number of likely N-dealkylation sites (N-methyl/N-ethyl adjacent to an activating group) is 1. The minimum Gasteiger partial charge on any atom is -0.343 e. The zero-order valence-electron chi connectivity index (χ0n) is 22.8. The summed E-state index contributed by atoms with van der Waals surface area (Å²) in [6.07, 6.45) is 6.45. The van der Waals surface area contributed by atoms with Crippen LogP contribution in [0.15, 0.2) is 60.7 Å². The van der Waals surface area contributed by atoms with Crippen LogP contribution in [0, 0.1) is 0 Å². The Bertz CT molecular complexity index is 996. The molecule has 1 atom stereocenters. The van der Waals surface area contributed by atoms with Gasteiger partial charge in [0.25, 0.3) is 5.91 Å². The zero-order valence-corrected chi connectivity index (χ0v) is 22.8. The fourth-order valence-corrected chi connectivity index (χ4v) is 6.73. The van der Waals surface area contributed by atoms with Crippen molar-refractivity contribution in [3.8, 4) is 0 Å². The molecule has 0 saturated carbocycles. The van der Waals surface area contributed by atoms with Gasteiger partial charge >= 0.3 is 0 Å². The first-order valence-corrected chi connectivity index (χ1v) is 14.1. The molecule has 2 saturated heterocycles. The molecule has 0 radical (unpaired) electrons. The summed E-state index contributed by atoms with van der Waals surface area (Å²) in [5, 5.41) is 6.98. The third-order valence-corrected chi connectivity index (χ3v) is 8.76. The van der Waals surface area contributed by atoms with E-state index < -0.39 is 0 Å². The van der Waals surface area contributed by atoms with Crippen LogP contribution in [0.4, 0.5) is 0 Å². The van der Waals surface area contributed by atoms with Gasteiger partial charge in [-0.3, -0.25) is 9.59 Å². The second kappa shape index (κ2) is 12.8. The lowest BCUT2D eigenvalue weighted by atomic mass is 9.79. The maximum atomic E-state index is 13.9. The summed E-state index contributed by atoms with van der Waals surface area (Å²) in [5.41, 5.74) is 1.71. The largest absolute Gasteiger partial charge is 0.343 e. The Hall–Kier alpha value is -2.54. The number of hydrogen-bond donors (Lipinski definition) is 2. The van der Waals surface area contributed by atoms with E-state index in [1.54, 1.807) is 0 Å². The van der Waals surface area contributed by atoms with Gasteiger partial charge in [0.1, 0.15) is 0 Å². The average molecular weight is 506 g/mol. The quantitative estimate of drug-likeness (QED) is 0.360. The predicted octanol–water partition coefficient (Wildman–Crippen LogP) is 3.84. The molecule has 2 fully saturated rings. The molecule has 2 aliphatic rings. The highest BCUT2D eigenvalue weighted by Crippen LogP contribution is 2.40. The van der Waals surface area contributed by atoms with E-state index >= 15 is 0 Å². The van der Waals surface area contributed by atoms with Crippen LogP contribution in [0.5, 0.6) is 0 Å². The van der Waals surface area contributed by atoms with Crippen LogP contribution in [0.3, 0.4) is 0 Å². The number of likely N-dealkylation sites (tertiary alicyclic amines) is 1. The minimum absolute atomic E-state index is 0.122. The highest BCUT2D eigenvalue weighted by Gasteiger charge is 2.57. The summed E-state index contributed by atoms with van der Waals surface area (Å²) >= 11 is 0. The van der Waals surface area contributed by atoms with Gasteiger partial charge in [-0.05, 0) is 24.8 Å². The van der Waals surface area contributed by atoms with E-state index in [0.717, 1.165) is 68.6 Å². The molecule has 2 N–H and O–H groups in total. The number of piperidine rings is 2. The number of hydrogen-bond acceptors (Lipinski definition) is 4. The van der Waals surface area contributed by atoms with Crippen molar-refractivity contribution in [2.45, 2.75) is 50.0 Å². The molecule has 1 unspecified atom stereocenters. The van der Waals surface area contributed by atoms with Crippen molar-refractivity contribution in [1.82, 2.24) is 15.5 Å². The van der Waals surface area contributed by atoms with E-state index in [4.69, 9.17) is 0 Å². The number of rotatable bonds is 11. The highest BCUT2D eigenvalue weighted by atomic mass is 16.2. The second-order valence-electron chi connectivity index (χ2n) is 11.2. The fourth-order valence-electron chi connectivity index (χ4n) is 6.73. The van der Waals surface area contributed by atoms with Crippen LogP contribution >= 0.6 is 0 Å². The maximum absolute atomic E-state index is 13.9. The lowest BCUT2D eigenvalue weighted by Gasteiger charge is -2.56. The maximum Gasteiger partial charge on any atom is 0.283 e. The van der Waals surface area contributed by atoms with E-state index in [2.05, 4.69) is 41.0 Å². The number of nitrogens with one attached hydrogen (secondary N) is 2. The molecular formula is C31H45N4O2+. The number of carbonyl (C=O) groups excluding carboxylic acids is 2. The molecule has 2 aromatic rings. The molecular weight excluding hydrogens is 460 g/mol. The summed E-state index contributed by atoms with van der Waals surface area (Å²) in [5.74, 6) is 0.714. The van der Waals surface area contributed by atoms with Crippen molar-refractivity contribution in [1.29, 1.82) is 0 Å². The van der Waals surface area contributed by atoms with Gasteiger partial charge in [0.05, 0.1) is 26.2 Å². The standard InChI is InChI=1S/C31H45N4O2/c1-34(2)30(37)31(17-19-32-20-18-31)35(21-10-5-11-22-35)23-16-28(26-12-6-3-7-13-26)24-33-25-29(36)27-14-8-4-9-15-27/h3-4,6-9,12-15,28,32-33H,5,10-11,16-25H2,1-2H3/q+1. The predicted molar refractivity (Wildman–Crippen MR) is 150 cm³/mol. The van der Waals surface area contributed by atoms with Gasteiger partial charge in [0, 0.05) is 64.5 Å². The first-order chi connectivity index (χ1) is 18.0. The SMILES string of the molecule is CN(C)C(=O)C1([N+]2(CCC(CNCC(=O)c3ccccc3)c3ccccc3)CCCCC2)CCNCC1. The summed E-state index contributed by atoms with van der Waals surface area (Å²) in [4.78, 5) is 28.4. The summed E-state index contributed by atoms with van der Waals surface area (Å²) in [6, 6.07) is 20.2. The average Bonchev–Trinajstić information content (AvgIpc) is 2.96. The van der Waals surface area contributed by atoms with Crippen LogP contribution in [0.25, 0.3) is 0 Å². The molecule has 0 aliphatic carbocycles.